The molecule has 7 nitrogen and oxygen atoms in total. The van der Waals surface area contributed by atoms with E-state index in [1.54, 1.807) is 17.0 Å². The number of amides is 2. The Morgan fingerprint density at radius 2 is 2.15 bits per heavy atom. The van der Waals surface area contributed by atoms with E-state index in [2.05, 4.69) is 10.5 Å². The van der Waals surface area contributed by atoms with Crippen LogP contribution in [0, 0.1) is 13.8 Å². The van der Waals surface area contributed by atoms with Crippen LogP contribution in [0.2, 0.25) is 0 Å². The van der Waals surface area contributed by atoms with Crippen molar-refractivity contribution in [3.8, 4) is 5.75 Å². The standard InChI is InChI=1S/C20H23N3O4/c1-13-15(14(2)27-22-13)8-9-18(24)23-11-5-10-20(12-23)21-19(25)16-6-3-4-7-17(16)26-20/h3-4,6-7H,5,8-12H2,1-2H3,(H,21,25). The third-order valence-corrected chi connectivity index (χ3v) is 5.36. The average molecular weight is 369 g/mol. The molecule has 142 valence electrons. The second-order valence-electron chi connectivity index (χ2n) is 7.27. The molecule has 2 amide bonds. The lowest BCUT2D eigenvalue weighted by molar-refractivity contribution is -0.138. The molecule has 0 saturated carbocycles. The van der Waals surface area contributed by atoms with Gasteiger partial charge < -0.3 is 19.5 Å². The summed E-state index contributed by atoms with van der Waals surface area (Å²) in [5.41, 5.74) is 1.51. The molecule has 1 unspecified atom stereocenters. The highest BCUT2D eigenvalue weighted by molar-refractivity contribution is 5.98. The van der Waals surface area contributed by atoms with Crippen LogP contribution in [0.3, 0.4) is 0 Å². The first-order chi connectivity index (χ1) is 13.0. The van der Waals surface area contributed by atoms with Crippen LogP contribution in [0.4, 0.5) is 0 Å². The molecule has 2 aromatic rings. The molecule has 1 aromatic heterocycles. The van der Waals surface area contributed by atoms with Gasteiger partial charge in [0.15, 0.2) is 0 Å². The summed E-state index contributed by atoms with van der Waals surface area (Å²) < 4.78 is 11.3. The number of para-hydroxylation sites is 1. The molecular weight excluding hydrogens is 346 g/mol. The van der Waals surface area contributed by atoms with E-state index in [-0.39, 0.29) is 11.8 Å². The number of aryl methyl sites for hydroxylation is 2. The molecule has 1 N–H and O–H groups in total. The van der Waals surface area contributed by atoms with Crippen LogP contribution >= 0.6 is 0 Å². The maximum atomic E-state index is 12.8. The van der Waals surface area contributed by atoms with E-state index in [1.807, 2.05) is 26.0 Å². The normalized spacial score (nSPS) is 21.6. The van der Waals surface area contributed by atoms with Crippen molar-refractivity contribution in [2.24, 2.45) is 0 Å². The van der Waals surface area contributed by atoms with Crippen LogP contribution in [0.15, 0.2) is 28.8 Å². The minimum absolute atomic E-state index is 0.0470. The zero-order valence-corrected chi connectivity index (χ0v) is 15.6. The van der Waals surface area contributed by atoms with Gasteiger partial charge in [0.2, 0.25) is 11.6 Å². The first-order valence-electron chi connectivity index (χ1n) is 9.27. The molecule has 27 heavy (non-hydrogen) atoms. The lowest BCUT2D eigenvalue weighted by atomic mass is 9.97. The molecule has 3 heterocycles. The number of benzene rings is 1. The van der Waals surface area contributed by atoms with Crippen molar-refractivity contribution < 1.29 is 18.8 Å². The summed E-state index contributed by atoms with van der Waals surface area (Å²) in [5, 5.41) is 6.92. The van der Waals surface area contributed by atoms with Gasteiger partial charge in [-0.2, -0.15) is 0 Å². The zero-order chi connectivity index (χ0) is 19.0. The lowest BCUT2D eigenvalue weighted by Gasteiger charge is -2.45. The Bertz CT molecular complexity index is 872. The number of piperidine rings is 1. The van der Waals surface area contributed by atoms with Gasteiger partial charge in [-0.3, -0.25) is 9.59 Å². The van der Waals surface area contributed by atoms with Gasteiger partial charge in [0, 0.05) is 24.9 Å². The van der Waals surface area contributed by atoms with Crippen molar-refractivity contribution in [1.29, 1.82) is 0 Å². The molecule has 1 fully saturated rings. The molecule has 4 rings (SSSR count). The molecule has 2 aliphatic heterocycles. The van der Waals surface area contributed by atoms with Crippen LogP contribution in [0.5, 0.6) is 5.75 Å². The number of ether oxygens (including phenoxy) is 1. The summed E-state index contributed by atoms with van der Waals surface area (Å²) in [4.78, 5) is 27.0. The summed E-state index contributed by atoms with van der Waals surface area (Å²) in [6.45, 7) is 4.77. The summed E-state index contributed by atoms with van der Waals surface area (Å²) >= 11 is 0. The molecule has 0 radical (unpaired) electrons. The van der Waals surface area contributed by atoms with E-state index in [1.165, 1.54) is 0 Å². The Morgan fingerprint density at radius 1 is 1.33 bits per heavy atom. The Kier molecular flexibility index (Phi) is 4.37. The zero-order valence-electron chi connectivity index (χ0n) is 15.6. The monoisotopic (exact) mass is 369 g/mol. The highest BCUT2D eigenvalue weighted by Gasteiger charge is 2.44. The van der Waals surface area contributed by atoms with Crippen molar-refractivity contribution in [2.45, 2.75) is 45.3 Å². The predicted octanol–water partition coefficient (Wildman–Crippen LogP) is 2.37. The van der Waals surface area contributed by atoms with E-state index in [0.717, 1.165) is 23.4 Å². The predicted molar refractivity (Wildman–Crippen MR) is 97.4 cm³/mol. The average Bonchev–Trinajstić information content (AvgIpc) is 2.97. The molecule has 2 aliphatic rings. The smallest absolute Gasteiger partial charge is 0.258 e. The fourth-order valence-corrected chi connectivity index (χ4v) is 3.92. The van der Waals surface area contributed by atoms with Crippen LogP contribution in [-0.2, 0) is 11.2 Å². The van der Waals surface area contributed by atoms with Crippen LogP contribution < -0.4 is 10.1 Å². The summed E-state index contributed by atoms with van der Waals surface area (Å²) in [6, 6.07) is 7.20. The Hall–Kier alpha value is -2.83. The number of fused-ring (bicyclic) bond motifs is 1. The SMILES string of the molecule is Cc1noc(C)c1CCC(=O)N1CCCC2(C1)NC(=O)c1ccccc1O2. The van der Waals surface area contributed by atoms with Gasteiger partial charge in [-0.05, 0) is 38.8 Å². The van der Waals surface area contributed by atoms with Crippen LogP contribution in [0.1, 0.15) is 46.6 Å². The third-order valence-electron chi connectivity index (χ3n) is 5.36. The highest BCUT2D eigenvalue weighted by atomic mass is 16.5. The number of hydrogen-bond donors (Lipinski definition) is 1. The molecule has 1 saturated heterocycles. The quantitative estimate of drug-likeness (QED) is 0.898. The number of nitrogens with one attached hydrogen (secondary N) is 1. The second kappa shape index (κ2) is 6.72. The second-order valence-corrected chi connectivity index (χ2v) is 7.27. The molecular formula is C20H23N3O4. The van der Waals surface area contributed by atoms with Gasteiger partial charge in [-0.1, -0.05) is 17.3 Å². The van der Waals surface area contributed by atoms with E-state index in [0.29, 0.717) is 43.7 Å². The van der Waals surface area contributed by atoms with Gasteiger partial charge in [0.1, 0.15) is 11.5 Å². The number of nitrogens with zero attached hydrogens (tertiary/aromatic N) is 2. The van der Waals surface area contributed by atoms with Gasteiger partial charge >= 0.3 is 0 Å². The maximum Gasteiger partial charge on any atom is 0.258 e. The molecule has 0 bridgehead atoms. The Morgan fingerprint density at radius 3 is 2.93 bits per heavy atom. The number of hydrogen-bond acceptors (Lipinski definition) is 5. The first kappa shape index (κ1) is 17.6. The molecule has 7 heteroatoms. The molecule has 0 aliphatic carbocycles. The molecule has 1 spiro atoms. The number of aromatic nitrogens is 1. The van der Waals surface area contributed by atoms with Crippen LogP contribution in [0.25, 0.3) is 0 Å². The van der Waals surface area contributed by atoms with E-state index in [9.17, 15) is 9.59 Å². The van der Waals surface area contributed by atoms with Gasteiger partial charge in [0.05, 0.1) is 17.8 Å². The van der Waals surface area contributed by atoms with Crippen molar-refractivity contribution >= 4 is 11.8 Å². The number of rotatable bonds is 3. The van der Waals surface area contributed by atoms with E-state index < -0.39 is 5.72 Å². The minimum atomic E-state index is -0.845. The van der Waals surface area contributed by atoms with Crippen LogP contribution in [-0.4, -0.2) is 40.7 Å². The van der Waals surface area contributed by atoms with E-state index >= 15 is 0 Å². The topological polar surface area (TPSA) is 84.7 Å². The molecule has 1 atom stereocenters. The third kappa shape index (κ3) is 3.29. The van der Waals surface area contributed by atoms with Crippen molar-refractivity contribution in [3.63, 3.8) is 0 Å². The molecule has 1 aromatic carbocycles. The highest BCUT2D eigenvalue weighted by Crippen LogP contribution is 2.32. The summed E-state index contributed by atoms with van der Waals surface area (Å²) in [7, 11) is 0. The van der Waals surface area contributed by atoms with E-state index in [4.69, 9.17) is 9.26 Å². The number of carbonyl (C=O) groups excluding carboxylic acids is 2. The number of likely N-dealkylation sites (tertiary alicyclic amines) is 1. The van der Waals surface area contributed by atoms with Gasteiger partial charge in [-0.15, -0.1) is 0 Å². The van der Waals surface area contributed by atoms with Crippen molar-refractivity contribution in [2.75, 3.05) is 13.1 Å². The summed E-state index contributed by atoms with van der Waals surface area (Å²) in [6.07, 6.45) is 2.43. The fourth-order valence-electron chi connectivity index (χ4n) is 3.92. The largest absolute Gasteiger partial charge is 0.465 e. The Balaban J connectivity index is 1.45. The maximum absolute atomic E-state index is 12.8. The van der Waals surface area contributed by atoms with Gasteiger partial charge in [-0.25, -0.2) is 0 Å². The first-order valence-corrected chi connectivity index (χ1v) is 9.27. The number of carbonyl (C=O) groups is 2. The fraction of sp³-hybridized carbons (Fsp3) is 0.450. The van der Waals surface area contributed by atoms with Gasteiger partial charge in [0.25, 0.3) is 5.91 Å². The van der Waals surface area contributed by atoms with Crippen molar-refractivity contribution in [3.05, 3.63) is 46.8 Å². The summed E-state index contributed by atoms with van der Waals surface area (Å²) in [5.74, 6) is 1.23. The lowest BCUT2D eigenvalue weighted by Crippen LogP contribution is -2.64. The Labute approximate surface area is 157 Å². The van der Waals surface area contributed by atoms with Crippen molar-refractivity contribution in [1.82, 2.24) is 15.4 Å². The minimum Gasteiger partial charge on any atom is -0.465 e.